The van der Waals surface area contributed by atoms with Crippen molar-refractivity contribution in [3.63, 3.8) is 0 Å². The van der Waals surface area contributed by atoms with Crippen molar-refractivity contribution in [2.24, 2.45) is 0 Å². The van der Waals surface area contributed by atoms with Crippen molar-refractivity contribution >= 4 is 32.7 Å². The van der Waals surface area contributed by atoms with Crippen LogP contribution in [0.25, 0.3) is 11.1 Å². The van der Waals surface area contributed by atoms with Gasteiger partial charge in [0.1, 0.15) is 6.54 Å². The molecule has 3 aromatic rings. The first-order valence-electron chi connectivity index (χ1n) is 12.0. The standard InChI is InChI=1S/C25H30N4O5S/c1-18-5-7-20(8-6-18)28-14-13-26(16-19(28)2)24(30)17-29-22-10-9-21(15-23(22)34-25(29)31)35(32,33)27-11-3-4-12-27/h5-10,15,19H,3-4,11-14,16-17H2,1-2H3. The number of sulfonamides is 1. The SMILES string of the molecule is Cc1ccc(N2CCN(C(=O)Cn3c(=O)oc4cc(S(=O)(=O)N5CCCC5)ccc43)CC2C)cc1. The molecule has 2 saturated heterocycles. The molecule has 0 saturated carbocycles. The Hall–Kier alpha value is -3.11. The summed E-state index contributed by atoms with van der Waals surface area (Å²) in [6.07, 6.45) is 1.68. The Balaban J connectivity index is 1.31. The van der Waals surface area contributed by atoms with E-state index in [1.807, 2.05) is 0 Å². The number of aryl methyl sites for hydroxylation is 1. The van der Waals surface area contributed by atoms with Crippen molar-refractivity contribution in [2.45, 2.75) is 44.2 Å². The summed E-state index contributed by atoms with van der Waals surface area (Å²) in [5, 5.41) is 0. The van der Waals surface area contributed by atoms with Crippen LogP contribution < -0.4 is 10.7 Å². The third-order valence-corrected chi connectivity index (χ3v) is 8.88. The van der Waals surface area contributed by atoms with Gasteiger partial charge in [0, 0.05) is 50.5 Å². The van der Waals surface area contributed by atoms with E-state index in [1.54, 1.807) is 11.0 Å². The summed E-state index contributed by atoms with van der Waals surface area (Å²) in [7, 11) is -3.63. The van der Waals surface area contributed by atoms with Crippen molar-refractivity contribution in [1.82, 2.24) is 13.8 Å². The van der Waals surface area contributed by atoms with E-state index in [1.165, 1.54) is 26.6 Å². The molecule has 1 aromatic heterocycles. The second kappa shape index (κ2) is 9.16. The highest BCUT2D eigenvalue weighted by Crippen LogP contribution is 2.25. The van der Waals surface area contributed by atoms with Crippen LogP contribution in [0.4, 0.5) is 5.69 Å². The largest absolute Gasteiger partial charge is 0.420 e. The van der Waals surface area contributed by atoms with Gasteiger partial charge >= 0.3 is 5.76 Å². The maximum Gasteiger partial charge on any atom is 0.420 e. The van der Waals surface area contributed by atoms with E-state index in [9.17, 15) is 18.0 Å². The number of rotatable bonds is 5. The highest BCUT2D eigenvalue weighted by Gasteiger charge is 2.30. The Labute approximate surface area is 204 Å². The first kappa shape index (κ1) is 23.6. The highest BCUT2D eigenvalue weighted by atomic mass is 32.2. The van der Waals surface area contributed by atoms with Crippen molar-refractivity contribution < 1.29 is 17.6 Å². The predicted molar refractivity (Wildman–Crippen MR) is 133 cm³/mol. The van der Waals surface area contributed by atoms with Gasteiger partial charge in [-0.2, -0.15) is 4.31 Å². The van der Waals surface area contributed by atoms with Gasteiger partial charge in [0.15, 0.2) is 5.58 Å². The van der Waals surface area contributed by atoms with Gasteiger partial charge in [0.05, 0.1) is 10.4 Å². The number of carbonyl (C=O) groups is 1. The molecular formula is C25H30N4O5S. The summed E-state index contributed by atoms with van der Waals surface area (Å²) >= 11 is 0. The quantitative estimate of drug-likeness (QED) is 0.536. The molecule has 10 heteroatoms. The monoisotopic (exact) mass is 498 g/mol. The van der Waals surface area contributed by atoms with Crippen LogP contribution in [-0.4, -0.2) is 66.9 Å². The lowest BCUT2D eigenvalue weighted by atomic mass is 10.1. The first-order chi connectivity index (χ1) is 16.7. The molecule has 1 amide bonds. The Morgan fingerprint density at radius 2 is 1.74 bits per heavy atom. The van der Waals surface area contributed by atoms with Crippen molar-refractivity contribution in [3.8, 4) is 0 Å². The molecule has 35 heavy (non-hydrogen) atoms. The molecule has 0 spiro atoms. The maximum absolute atomic E-state index is 13.1. The second-order valence-electron chi connectivity index (χ2n) is 9.41. The predicted octanol–water partition coefficient (Wildman–Crippen LogP) is 2.42. The molecule has 2 aliphatic rings. The molecule has 2 aromatic carbocycles. The topological polar surface area (TPSA) is 96.1 Å². The van der Waals surface area contributed by atoms with E-state index in [4.69, 9.17) is 4.42 Å². The van der Waals surface area contributed by atoms with Gasteiger partial charge in [-0.15, -0.1) is 0 Å². The minimum absolute atomic E-state index is 0.0974. The van der Waals surface area contributed by atoms with Crippen molar-refractivity contribution in [2.75, 3.05) is 37.6 Å². The molecule has 0 aliphatic carbocycles. The minimum atomic E-state index is -3.63. The Morgan fingerprint density at radius 1 is 1.03 bits per heavy atom. The number of piperazine rings is 1. The van der Waals surface area contributed by atoms with Crippen LogP contribution in [0.3, 0.4) is 0 Å². The molecule has 3 heterocycles. The molecule has 0 N–H and O–H groups in total. The van der Waals surface area contributed by atoms with Gasteiger partial charge in [0.2, 0.25) is 15.9 Å². The van der Waals surface area contributed by atoms with E-state index in [0.717, 1.165) is 18.5 Å². The molecule has 5 rings (SSSR count). The van der Waals surface area contributed by atoms with Crippen molar-refractivity contribution in [1.29, 1.82) is 0 Å². The number of nitrogens with zero attached hydrogens (tertiary/aromatic N) is 4. The van der Waals surface area contributed by atoms with Crippen LogP contribution in [0.2, 0.25) is 0 Å². The number of amides is 1. The average Bonchev–Trinajstić information content (AvgIpc) is 3.48. The van der Waals surface area contributed by atoms with E-state index < -0.39 is 15.8 Å². The Bertz CT molecular complexity index is 1400. The number of carbonyl (C=O) groups excluding carboxylic acids is 1. The fraction of sp³-hybridized carbons (Fsp3) is 0.440. The zero-order valence-corrected chi connectivity index (χ0v) is 20.8. The highest BCUT2D eigenvalue weighted by molar-refractivity contribution is 7.89. The summed E-state index contributed by atoms with van der Waals surface area (Å²) < 4.78 is 33.8. The van der Waals surface area contributed by atoms with Gasteiger partial charge in [-0.3, -0.25) is 9.36 Å². The lowest BCUT2D eigenvalue weighted by Crippen LogP contribution is -2.54. The van der Waals surface area contributed by atoms with Crippen LogP contribution in [0.5, 0.6) is 0 Å². The van der Waals surface area contributed by atoms with Gasteiger partial charge in [0.25, 0.3) is 0 Å². The smallest absolute Gasteiger partial charge is 0.408 e. The number of anilines is 1. The molecule has 2 fully saturated rings. The summed E-state index contributed by atoms with van der Waals surface area (Å²) in [6, 6.07) is 12.9. The zero-order chi connectivity index (χ0) is 24.7. The molecular weight excluding hydrogens is 468 g/mol. The summed E-state index contributed by atoms with van der Waals surface area (Å²) in [6.45, 7) is 6.79. The van der Waals surface area contributed by atoms with Crippen LogP contribution in [-0.2, 0) is 21.4 Å². The molecule has 2 aliphatic heterocycles. The lowest BCUT2D eigenvalue weighted by Gasteiger charge is -2.41. The normalized spacial score (nSPS) is 19.5. The summed E-state index contributed by atoms with van der Waals surface area (Å²) in [5.74, 6) is -0.839. The number of hydrogen-bond donors (Lipinski definition) is 0. The molecule has 186 valence electrons. The second-order valence-corrected chi connectivity index (χ2v) is 11.4. The van der Waals surface area contributed by atoms with E-state index in [-0.39, 0.29) is 29.0 Å². The minimum Gasteiger partial charge on any atom is -0.408 e. The number of hydrogen-bond acceptors (Lipinski definition) is 6. The lowest BCUT2D eigenvalue weighted by molar-refractivity contribution is -0.132. The van der Waals surface area contributed by atoms with E-state index in [0.29, 0.717) is 38.2 Å². The summed E-state index contributed by atoms with van der Waals surface area (Å²) in [5.41, 5.74) is 2.91. The Morgan fingerprint density at radius 3 is 2.43 bits per heavy atom. The molecule has 9 nitrogen and oxygen atoms in total. The summed E-state index contributed by atoms with van der Waals surface area (Å²) in [4.78, 5) is 29.8. The van der Waals surface area contributed by atoms with Crippen LogP contribution in [0.1, 0.15) is 25.3 Å². The fourth-order valence-electron chi connectivity index (χ4n) is 4.97. The number of aromatic nitrogens is 1. The Kier molecular flexibility index (Phi) is 6.18. The number of oxazole rings is 1. The molecule has 1 atom stereocenters. The zero-order valence-electron chi connectivity index (χ0n) is 20.0. The van der Waals surface area contributed by atoms with E-state index >= 15 is 0 Å². The van der Waals surface area contributed by atoms with Gasteiger partial charge in [-0.25, -0.2) is 13.2 Å². The third kappa shape index (κ3) is 4.48. The van der Waals surface area contributed by atoms with Gasteiger partial charge in [-0.1, -0.05) is 17.7 Å². The van der Waals surface area contributed by atoms with Crippen LogP contribution in [0.15, 0.2) is 56.6 Å². The molecule has 0 radical (unpaired) electrons. The first-order valence-corrected chi connectivity index (χ1v) is 13.4. The third-order valence-electron chi connectivity index (χ3n) is 6.98. The average molecular weight is 499 g/mol. The van der Waals surface area contributed by atoms with Crippen molar-refractivity contribution in [3.05, 3.63) is 58.6 Å². The number of fused-ring (bicyclic) bond motifs is 1. The fourth-order valence-corrected chi connectivity index (χ4v) is 6.51. The maximum atomic E-state index is 13.1. The molecule has 0 bridgehead atoms. The van der Waals surface area contributed by atoms with Gasteiger partial charge < -0.3 is 14.2 Å². The molecule has 1 unspecified atom stereocenters. The van der Waals surface area contributed by atoms with E-state index in [2.05, 4.69) is 43.0 Å². The van der Waals surface area contributed by atoms with Gasteiger partial charge in [-0.05, 0) is 51.0 Å². The van der Waals surface area contributed by atoms with Crippen LogP contribution in [0, 0.1) is 6.92 Å². The number of benzene rings is 2. The van der Waals surface area contributed by atoms with Crippen LogP contribution >= 0.6 is 0 Å².